The van der Waals surface area contributed by atoms with Gasteiger partial charge in [0.15, 0.2) is 6.23 Å². The van der Waals surface area contributed by atoms with E-state index in [1.54, 1.807) is 12.1 Å². The zero-order valence-corrected chi connectivity index (χ0v) is 15.7. The smallest absolute Gasteiger partial charge is 0.168 e. The molecule has 2 aliphatic rings. The number of allylic oxidation sites excluding steroid dienone is 1. The zero-order valence-electron chi connectivity index (χ0n) is 14.2. The van der Waals surface area contributed by atoms with Crippen molar-refractivity contribution in [1.82, 2.24) is 9.80 Å². The minimum Gasteiger partial charge on any atom is -0.490 e. The summed E-state index contributed by atoms with van der Waals surface area (Å²) in [7, 11) is 0. The molecule has 132 valence electrons. The maximum absolute atomic E-state index is 6.04. The molecule has 0 N–H and O–H groups in total. The van der Waals surface area contributed by atoms with E-state index in [-0.39, 0.29) is 12.3 Å². The molecule has 1 aromatic rings. The molecule has 0 bridgehead atoms. The van der Waals surface area contributed by atoms with Crippen LogP contribution in [0, 0.1) is 0 Å². The molecule has 1 unspecified atom stereocenters. The van der Waals surface area contributed by atoms with Crippen molar-refractivity contribution in [3.8, 4) is 5.75 Å². The highest BCUT2D eigenvalue weighted by molar-refractivity contribution is 6.42. The van der Waals surface area contributed by atoms with Crippen LogP contribution in [0.15, 0.2) is 30.2 Å². The molecule has 0 spiro atoms. The van der Waals surface area contributed by atoms with Crippen LogP contribution < -0.4 is 4.74 Å². The Balaban J connectivity index is 1.41. The van der Waals surface area contributed by atoms with Gasteiger partial charge in [-0.1, -0.05) is 23.2 Å². The van der Waals surface area contributed by atoms with Gasteiger partial charge in [-0.3, -0.25) is 0 Å². The van der Waals surface area contributed by atoms with E-state index >= 15 is 0 Å². The number of piperidine rings is 1. The van der Waals surface area contributed by atoms with Gasteiger partial charge in [-0.2, -0.15) is 0 Å². The first-order valence-corrected chi connectivity index (χ1v) is 9.22. The summed E-state index contributed by atoms with van der Waals surface area (Å²) in [4.78, 5) is 4.75. The Morgan fingerprint density at radius 3 is 2.54 bits per heavy atom. The van der Waals surface area contributed by atoms with Gasteiger partial charge in [-0.15, -0.1) is 0 Å². The largest absolute Gasteiger partial charge is 0.490 e. The van der Waals surface area contributed by atoms with E-state index in [4.69, 9.17) is 32.7 Å². The third-order valence-electron chi connectivity index (χ3n) is 4.57. The summed E-state index contributed by atoms with van der Waals surface area (Å²) in [6, 6.07) is 5.45. The third-order valence-corrected chi connectivity index (χ3v) is 5.31. The Hall–Kier alpha value is -1.10. The van der Waals surface area contributed by atoms with Gasteiger partial charge in [-0.25, -0.2) is 0 Å². The fraction of sp³-hybridized carbons (Fsp3) is 0.556. The average Bonchev–Trinajstić information content (AvgIpc) is 2.88. The van der Waals surface area contributed by atoms with Crippen LogP contribution in [0.4, 0.5) is 0 Å². The molecule has 0 aromatic heterocycles. The molecular weight excluding hydrogens is 347 g/mol. The minimum atomic E-state index is 0.153. The molecule has 1 aromatic carbocycles. The van der Waals surface area contributed by atoms with E-state index < -0.39 is 0 Å². The van der Waals surface area contributed by atoms with Gasteiger partial charge < -0.3 is 19.3 Å². The molecule has 1 atom stereocenters. The van der Waals surface area contributed by atoms with Crippen molar-refractivity contribution in [1.29, 1.82) is 0 Å². The number of halogens is 2. The van der Waals surface area contributed by atoms with Gasteiger partial charge in [0.25, 0.3) is 0 Å². The van der Waals surface area contributed by atoms with Crippen LogP contribution in [0.2, 0.25) is 10.0 Å². The van der Waals surface area contributed by atoms with Gasteiger partial charge in [0.05, 0.1) is 10.0 Å². The van der Waals surface area contributed by atoms with E-state index in [1.165, 1.54) is 0 Å². The second kappa shape index (κ2) is 7.85. The lowest BCUT2D eigenvalue weighted by Crippen LogP contribution is -2.42. The molecule has 0 radical (unpaired) electrons. The van der Waals surface area contributed by atoms with Crippen molar-refractivity contribution >= 4 is 23.2 Å². The summed E-state index contributed by atoms with van der Waals surface area (Å²) in [6.07, 6.45) is 4.56. The van der Waals surface area contributed by atoms with Gasteiger partial charge in [-0.05, 0) is 38.8 Å². The Bertz CT molecular complexity index is 601. The predicted octanol–water partition coefficient (Wildman–Crippen LogP) is 4.38. The standard InChI is InChI=1S/C18H24Cl2N2O2/c1-13-12-22(14(2)23-13)10-9-21-7-5-15(6-8-21)24-16-3-4-17(19)18(20)11-16/h3-4,11-12,14-15H,5-10H2,1-2H3. The molecule has 1 saturated heterocycles. The van der Waals surface area contributed by atoms with Crippen LogP contribution in [-0.4, -0.2) is 48.3 Å². The number of likely N-dealkylation sites (tertiary alicyclic amines) is 1. The SMILES string of the molecule is CC1=CN(CCN2CCC(Oc3ccc(Cl)c(Cl)c3)CC2)C(C)O1. The normalized spacial score (nSPS) is 22.4. The van der Waals surface area contributed by atoms with Crippen molar-refractivity contribution < 1.29 is 9.47 Å². The van der Waals surface area contributed by atoms with E-state index in [9.17, 15) is 0 Å². The second-order valence-corrected chi connectivity index (χ2v) is 7.24. The molecule has 4 nitrogen and oxygen atoms in total. The molecule has 1 fully saturated rings. The third kappa shape index (κ3) is 4.50. The van der Waals surface area contributed by atoms with Crippen molar-refractivity contribution in [2.45, 2.75) is 39.0 Å². The molecule has 2 heterocycles. The fourth-order valence-corrected chi connectivity index (χ4v) is 3.49. The highest BCUT2D eigenvalue weighted by Crippen LogP contribution is 2.28. The van der Waals surface area contributed by atoms with E-state index in [0.717, 1.165) is 50.5 Å². The number of rotatable bonds is 5. The monoisotopic (exact) mass is 370 g/mol. The molecule has 0 amide bonds. The predicted molar refractivity (Wildman–Crippen MR) is 97.6 cm³/mol. The lowest BCUT2D eigenvalue weighted by molar-refractivity contribution is 0.0467. The maximum Gasteiger partial charge on any atom is 0.168 e. The molecular formula is C18H24Cl2N2O2. The topological polar surface area (TPSA) is 24.9 Å². The first-order chi connectivity index (χ1) is 11.5. The number of benzene rings is 1. The Labute approximate surface area is 153 Å². The summed E-state index contributed by atoms with van der Waals surface area (Å²) < 4.78 is 11.7. The van der Waals surface area contributed by atoms with Crippen LogP contribution in [-0.2, 0) is 4.74 Å². The second-order valence-electron chi connectivity index (χ2n) is 6.43. The Kier molecular flexibility index (Phi) is 5.80. The number of hydrogen-bond acceptors (Lipinski definition) is 4. The molecule has 0 aliphatic carbocycles. The van der Waals surface area contributed by atoms with Crippen molar-refractivity contribution in [2.75, 3.05) is 26.2 Å². The van der Waals surface area contributed by atoms with Crippen LogP contribution in [0.1, 0.15) is 26.7 Å². The van der Waals surface area contributed by atoms with Gasteiger partial charge >= 0.3 is 0 Å². The highest BCUT2D eigenvalue weighted by atomic mass is 35.5. The maximum atomic E-state index is 6.04. The van der Waals surface area contributed by atoms with Crippen LogP contribution >= 0.6 is 23.2 Å². The van der Waals surface area contributed by atoms with Crippen LogP contribution in [0.25, 0.3) is 0 Å². The summed E-state index contributed by atoms with van der Waals surface area (Å²) >= 11 is 12.0. The molecule has 2 aliphatic heterocycles. The van der Waals surface area contributed by atoms with Crippen LogP contribution in [0.5, 0.6) is 5.75 Å². The zero-order chi connectivity index (χ0) is 17.1. The van der Waals surface area contributed by atoms with Crippen molar-refractivity contribution in [2.24, 2.45) is 0 Å². The lowest BCUT2D eigenvalue weighted by atomic mass is 10.1. The lowest BCUT2D eigenvalue weighted by Gasteiger charge is -2.33. The van der Waals surface area contributed by atoms with Crippen molar-refractivity contribution in [3.05, 3.63) is 40.2 Å². The van der Waals surface area contributed by atoms with E-state index in [1.807, 2.05) is 13.0 Å². The summed E-state index contributed by atoms with van der Waals surface area (Å²) in [5, 5.41) is 1.10. The fourth-order valence-electron chi connectivity index (χ4n) is 3.20. The number of ether oxygens (including phenoxy) is 2. The first kappa shape index (κ1) is 17.7. The number of nitrogens with zero attached hydrogens (tertiary/aromatic N) is 2. The van der Waals surface area contributed by atoms with Crippen LogP contribution in [0.3, 0.4) is 0 Å². The summed E-state index contributed by atoms with van der Waals surface area (Å²) in [6.45, 7) is 8.25. The van der Waals surface area contributed by atoms with Gasteiger partial charge in [0.1, 0.15) is 17.6 Å². The van der Waals surface area contributed by atoms with Gasteiger partial charge in [0.2, 0.25) is 0 Å². The molecule has 0 saturated carbocycles. The Morgan fingerprint density at radius 1 is 1.17 bits per heavy atom. The van der Waals surface area contributed by atoms with Crippen molar-refractivity contribution in [3.63, 3.8) is 0 Å². The average molecular weight is 371 g/mol. The minimum absolute atomic E-state index is 0.153. The van der Waals surface area contributed by atoms with Gasteiger partial charge in [0, 0.05) is 38.4 Å². The molecule has 24 heavy (non-hydrogen) atoms. The summed E-state index contributed by atoms with van der Waals surface area (Å²) in [5.41, 5.74) is 0. The Morgan fingerprint density at radius 2 is 1.92 bits per heavy atom. The van der Waals surface area contributed by atoms with E-state index in [2.05, 4.69) is 22.9 Å². The quantitative estimate of drug-likeness (QED) is 0.767. The summed E-state index contributed by atoms with van der Waals surface area (Å²) in [5.74, 6) is 1.79. The highest BCUT2D eigenvalue weighted by Gasteiger charge is 2.23. The molecule has 6 heteroatoms. The molecule has 3 rings (SSSR count). The first-order valence-electron chi connectivity index (χ1n) is 8.46. The number of hydrogen-bond donors (Lipinski definition) is 0. The van der Waals surface area contributed by atoms with E-state index in [0.29, 0.717) is 10.0 Å².